The molecule has 0 aliphatic heterocycles. The molecule has 0 radical (unpaired) electrons. The second-order valence-corrected chi connectivity index (χ2v) is 5.11. The van der Waals surface area contributed by atoms with Crippen LogP contribution in [0.1, 0.15) is 26.2 Å². The number of carbonyl (C=O) groups excluding carboxylic acids is 1. The van der Waals surface area contributed by atoms with Crippen LogP contribution in [0.2, 0.25) is 5.15 Å². The molecule has 0 aromatic carbocycles. The molecule has 1 aliphatic carbocycles. The Kier molecular flexibility index (Phi) is 5.14. The average molecular weight is 300 g/mol. The summed E-state index contributed by atoms with van der Waals surface area (Å²) in [5.74, 6) is 0.738. The van der Waals surface area contributed by atoms with Crippen LogP contribution in [0.5, 0.6) is 5.88 Å². The minimum Gasteiger partial charge on any atom is -0.481 e. The van der Waals surface area contributed by atoms with Crippen LogP contribution in [0.4, 0.5) is 5.95 Å². The zero-order chi connectivity index (χ0) is 14.5. The molecular formula is C13H18ClN3O3. The van der Waals surface area contributed by atoms with E-state index in [1.165, 1.54) is 13.2 Å². The van der Waals surface area contributed by atoms with Gasteiger partial charge in [0.25, 0.3) is 0 Å². The van der Waals surface area contributed by atoms with Crippen molar-refractivity contribution in [1.82, 2.24) is 9.97 Å². The third-order valence-electron chi connectivity index (χ3n) is 3.20. The van der Waals surface area contributed by atoms with E-state index in [4.69, 9.17) is 21.1 Å². The Balaban J connectivity index is 1.82. The minimum atomic E-state index is -0.116. The molecule has 1 heterocycles. The van der Waals surface area contributed by atoms with E-state index in [2.05, 4.69) is 15.3 Å². The number of rotatable bonds is 6. The van der Waals surface area contributed by atoms with Gasteiger partial charge in [-0.25, -0.2) is 4.98 Å². The fourth-order valence-corrected chi connectivity index (χ4v) is 2.38. The predicted octanol–water partition coefficient (Wildman–Crippen LogP) is 2.28. The summed E-state index contributed by atoms with van der Waals surface area (Å²) in [6.45, 7) is 2.70. The van der Waals surface area contributed by atoms with Crippen molar-refractivity contribution in [3.63, 3.8) is 0 Å². The number of halogens is 1. The van der Waals surface area contributed by atoms with Crippen LogP contribution in [-0.2, 0) is 9.53 Å². The molecule has 1 aromatic rings. The first-order chi connectivity index (χ1) is 9.60. The molecule has 0 saturated heterocycles. The molecule has 110 valence electrons. The summed E-state index contributed by atoms with van der Waals surface area (Å²) in [4.78, 5) is 19.8. The lowest BCUT2D eigenvalue weighted by atomic mass is 9.80. The van der Waals surface area contributed by atoms with Crippen LogP contribution in [0.15, 0.2) is 6.07 Å². The van der Waals surface area contributed by atoms with Gasteiger partial charge >= 0.3 is 0 Å². The maximum atomic E-state index is 11.9. The Hall–Kier alpha value is -1.40. The summed E-state index contributed by atoms with van der Waals surface area (Å²) in [7, 11) is 1.48. The number of anilines is 1. The molecule has 1 fully saturated rings. The minimum absolute atomic E-state index is 0.116. The van der Waals surface area contributed by atoms with Gasteiger partial charge in [-0.1, -0.05) is 11.6 Å². The van der Waals surface area contributed by atoms with Crippen molar-refractivity contribution in [2.24, 2.45) is 5.92 Å². The molecule has 1 amide bonds. The van der Waals surface area contributed by atoms with Gasteiger partial charge in [0.2, 0.25) is 17.7 Å². The van der Waals surface area contributed by atoms with Gasteiger partial charge in [0.05, 0.1) is 13.2 Å². The van der Waals surface area contributed by atoms with Crippen LogP contribution in [0, 0.1) is 5.92 Å². The van der Waals surface area contributed by atoms with Gasteiger partial charge in [-0.05, 0) is 25.7 Å². The van der Waals surface area contributed by atoms with Crippen molar-refractivity contribution in [1.29, 1.82) is 0 Å². The molecule has 1 aliphatic rings. The number of ether oxygens (including phenoxy) is 2. The van der Waals surface area contributed by atoms with Crippen molar-refractivity contribution in [2.75, 3.05) is 19.0 Å². The number of hydrogen-bond acceptors (Lipinski definition) is 5. The summed E-state index contributed by atoms with van der Waals surface area (Å²) in [6.07, 6.45) is 2.62. The second kappa shape index (κ2) is 6.85. The summed E-state index contributed by atoms with van der Waals surface area (Å²) >= 11 is 5.81. The summed E-state index contributed by atoms with van der Waals surface area (Å²) in [6, 6.07) is 1.48. The average Bonchev–Trinajstić information content (AvgIpc) is 2.35. The number of nitrogens with one attached hydrogen (secondary N) is 1. The normalized spacial score (nSPS) is 21.1. The van der Waals surface area contributed by atoms with Crippen LogP contribution < -0.4 is 10.1 Å². The predicted molar refractivity (Wildman–Crippen MR) is 75.0 cm³/mol. The first kappa shape index (κ1) is 15.0. The van der Waals surface area contributed by atoms with E-state index >= 15 is 0 Å². The summed E-state index contributed by atoms with van der Waals surface area (Å²) in [5.41, 5.74) is 0. The van der Waals surface area contributed by atoms with Crippen molar-refractivity contribution in [3.8, 4) is 5.88 Å². The fraction of sp³-hybridized carbons (Fsp3) is 0.615. The van der Waals surface area contributed by atoms with Gasteiger partial charge in [-0.15, -0.1) is 0 Å². The van der Waals surface area contributed by atoms with Crippen molar-refractivity contribution in [3.05, 3.63) is 11.2 Å². The quantitative estimate of drug-likeness (QED) is 0.816. The zero-order valence-corrected chi connectivity index (χ0v) is 12.3. The van der Waals surface area contributed by atoms with Gasteiger partial charge in [0.1, 0.15) is 5.15 Å². The maximum Gasteiger partial charge on any atom is 0.234 e. The first-order valence-electron chi connectivity index (χ1n) is 6.60. The van der Waals surface area contributed by atoms with E-state index in [0.29, 0.717) is 24.3 Å². The molecule has 0 spiro atoms. The maximum absolute atomic E-state index is 11.9. The smallest absolute Gasteiger partial charge is 0.234 e. The van der Waals surface area contributed by atoms with Gasteiger partial charge in [-0.3, -0.25) is 10.1 Å². The van der Waals surface area contributed by atoms with E-state index in [9.17, 15) is 4.79 Å². The topological polar surface area (TPSA) is 73.3 Å². The number of aromatic nitrogens is 2. The van der Waals surface area contributed by atoms with E-state index < -0.39 is 0 Å². The monoisotopic (exact) mass is 299 g/mol. The molecule has 0 atom stereocenters. The first-order valence-corrected chi connectivity index (χ1v) is 6.98. The Bertz CT molecular complexity index is 478. The van der Waals surface area contributed by atoms with Crippen molar-refractivity contribution >= 4 is 23.5 Å². The number of methoxy groups -OCH3 is 1. The van der Waals surface area contributed by atoms with E-state index in [1.807, 2.05) is 6.92 Å². The number of carbonyl (C=O) groups is 1. The van der Waals surface area contributed by atoms with Crippen LogP contribution >= 0.6 is 11.6 Å². The SMILES string of the molecule is CCOC1CC(CC(=O)Nc2nc(Cl)cc(OC)n2)C1. The Morgan fingerprint density at radius 1 is 1.50 bits per heavy atom. The lowest BCUT2D eigenvalue weighted by molar-refractivity contribution is -0.119. The second-order valence-electron chi connectivity index (χ2n) is 4.72. The lowest BCUT2D eigenvalue weighted by Gasteiger charge is -2.34. The van der Waals surface area contributed by atoms with E-state index in [0.717, 1.165) is 19.4 Å². The zero-order valence-electron chi connectivity index (χ0n) is 11.6. The molecular weight excluding hydrogens is 282 g/mol. The molecule has 0 unspecified atom stereocenters. The van der Waals surface area contributed by atoms with Crippen molar-refractivity contribution in [2.45, 2.75) is 32.3 Å². The number of amides is 1. The third-order valence-corrected chi connectivity index (χ3v) is 3.39. The third kappa shape index (κ3) is 4.05. The largest absolute Gasteiger partial charge is 0.481 e. The van der Waals surface area contributed by atoms with Gasteiger partial charge in [0.15, 0.2) is 0 Å². The Morgan fingerprint density at radius 3 is 2.90 bits per heavy atom. The van der Waals surface area contributed by atoms with E-state index in [1.54, 1.807) is 0 Å². The summed E-state index contributed by atoms with van der Waals surface area (Å²) in [5, 5.41) is 2.87. The van der Waals surface area contributed by atoms with Gasteiger partial charge in [0, 0.05) is 19.1 Å². The van der Waals surface area contributed by atoms with Crippen LogP contribution in [-0.4, -0.2) is 35.7 Å². The van der Waals surface area contributed by atoms with Crippen molar-refractivity contribution < 1.29 is 14.3 Å². The molecule has 1 N–H and O–H groups in total. The molecule has 2 rings (SSSR count). The highest BCUT2D eigenvalue weighted by Crippen LogP contribution is 2.32. The highest BCUT2D eigenvalue weighted by Gasteiger charge is 2.31. The molecule has 1 saturated carbocycles. The highest BCUT2D eigenvalue weighted by molar-refractivity contribution is 6.29. The lowest BCUT2D eigenvalue weighted by Crippen LogP contribution is -2.34. The molecule has 0 bridgehead atoms. The molecule has 20 heavy (non-hydrogen) atoms. The standard InChI is InChI=1S/C13H18ClN3O3/c1-3-20-9-4-8(5-9)6-11(18)16-13-15-10(14)7-12(17-13)19-2/h7-9H,3-6H2,1-2H3,(H,15,16,17,18). The van der Waals surface area contributed by atoms with Gasteiger partial charge < -0.3 is 9.47 Å². The molecule has 1 aromatic heterocycles. The van der Waals surface area contributed by atoms with Gasteiger partial charge in [-0.2, -0.15) is 4.98 Å². The van der Waals surface area contributed by atoms with E-state index in [-0.39, 0.29) is 17.0 Å². The molecule has 7 heteroatoms. The summed E-state index contributed by atoms with van der Waals surface area (Å²) < 4.78 is 10.4. The van der Waals surface area contributed by atoms with Crippen LogP contribution in [0.3, 0.4) is 0 Å². The fourth-order valence-electron chi connectivity index (χ4n) is 2.21. The highest BCUT2D eigenvalue weighted by atomic mass is 35.5. The number of nitrogens with zero attached hydrogens (tertiary/aromatic N) is 2. The Morgan fingerprint density at radius 2 is 2.25 bits per heavy atom. The number of hydrogen-bond donors (Lipinski definition) is 1. The van der Waals surface area contributed by atoms with Crippen LogP contribution in [0.25, 0.3) is 0 Å². The molecule has 6 nitrogen and oxygen atoms in total. The Labute approximate surface area is 122 Å².